The van der Waals surface area contributed by atoms with Crippen LogP contribution in [-0.2, 0) is 9.53 Å². The fourth-order valence-corrected chi connectivity index (χ4v) is 4.03. The van der Waals surface area contributed by atoms with Crippen LogP contribution in [0.3, 0.4) is 0 Å². The molecule has 2 saturated heterocycles. The highest BCUT2D eigenvalue weighted by atomic mass is 16.5. The summed E-state index contributed by atoms with van der Waals surface area (Å²) >= 11 is 0. The van der Waals surface area contributed by atoms with Crippen LogP contribution in [0.1, 0.15) is 44.0 Å². The minimum Gasteiger partial charge on any atom is -0.378 e. The number of nitrogens with zero attached hydrogens (tertiary/aromatic N) is 5. The third-order valence-corrected chi connectivity index (χ3v) is 5.68. The molecule has 0 spiro atoms. The normalized spacial score (nSPS) is 18.5. The molecule has 0 bridgehead atoms. The quantitative estimate of drug-likeness (QED) is 0.781. The minimum atomic E-state index is 0.0336. The lowest BCUT2D eigenvalue weighted by Crippen LogP contribution is -2.40. The van der Waals surface area contributed by atoms with Crippen LogP contribution in [0, 0.1) is 12.8 Å². The summed E-state index contributed by atoms with van der Waals surface area (Å²) in [6.45, 7) is 10.3. The zero-order valence-electron chi connectivity index (χ0n) is 17.4. The Morgan fingerprint density at radius 1 is 1.17 bits per heavy atom. The summed E-state index contributed by atoms with van der Waals surface area (Å²) in [6.07, 6.45) is 3.63. The van der Waals surface area contributed by atoms with Crippen LogP contribution in [0.4, 0.5) is 5.95 Å². The molecule has 156 valence electrons. The SMILES string of the molecule is Cc1cc(-c2cnc(N3CCOCC3)nc2C2CCN(C(=O)C(C)C)CC2)on1. The molecule has 2 aliphatic rings. The van der Waals surface area contributed by atoms with Crippen LogP contribution < -0.4 is 4.90 Å². The Balaban J connectivity index is 1.61. The van der Waals surface area contributed by atoms with Gasteiger partial charge in [-0.15, -0.1) is 0 Å². The lowest BCUT2D eigenvalue weighted by molar-refractivity contribution is -0.135. The molecule has 8 heteroatoms. The second-order valence-electron chi connectivity index (χ2n) is 8.16. The predicted molar refractivity (Wildman–Crippen MR) is 109 cm³/mol. The van der Waals surface area contributed by atoms with Crippen molar-refractivity contribution < 1.29 is 14.1 Å². The van der Waals surface area contributed by atoms with Crippen molar-refractivity contribution in [3.63, 3.8) is 0 Å². The number of hydrogen-bond donors (Lipinski definition) is 0. The van der Waals surface area contributed by atoms with Gasteiger partial charge in [0.15, 0.2) is 5.76 Å². The fourth-order valence-electron chi connectivity index (χ4n) is 4.03. The molecule has 4 heterocycles. The number of morpholine rings is 1. The second-order valence-corrected chi connectivity index (χ2v) is 8.16. The van der Waals surface area contributed by atoms with Gasteiger partial charge in [-0.05, 0) is 19.8 Å². The van der Waals surface area contributed by atoms with Gasteiger partial charge in [0, 0.05) is 50.3 Å². The summed E-state index contributed by atoms with van der Waals surface area (Å²) in [6, 6.07) is 1.92. The molecule has 2 aromatic heterocycles. The van der Waals surface area contributed by atoms with E-state index in [0.717, 1.165) is 61.9 Å². The number of likely N-dealkylation sites (tertiary alicyclic amines) is 1. The van der Waals surface area contributed by atoms with E-state index < -0.39 is 0 Å². The van der Waals surface area contributed by atoms with E-state index >= 15 is 0 Å². The Kier molecular flexibility index (Phi) is 5.80. The van der Waals surface area contributed by atoms with Gasteiger partial charge in [-0.3, -0.25) is 4.79 Å². The topological polar surface area (TPSA) is 84.6 Å². The minimum absolute atomic E-state index is 0.0336. The van der Waals surface area contributed by atoms with Crippen molar-refractivity contribution in [1.29, 1.82) is 0 Å². The van der Waals surface area contributed by atoms with Gasteiger partial charge < -0.3 is 19.1 Å². The van der Waals surface area contributed by atoms with E-state index in [0.29, 0.717) is 19.0 Å². The van der Waals surface area contributed by atoms with Crippen LogP contribution in [0.2, 0.25) is 0 Å². The predicted octanol–water partition coefficient (Wildman–Crippen LogP) is 2.64. The van der Waals surface area contributed by atoms with Gasteiger partial charge in [0.1, 0.15) is 0 Å². The molecule has 0 aliphatic carbocycles. The first-order valence-corrected chi connectivity index (χ1v) is 10.4. The van der Waals surface area contributed by atoms with Crippen molar-refractivity contribution in [2.24, 2.45) is 5.92 Å². The molecule has 0 atom stereocenters. The van der Waals surface area contributed by atoms with Crippen LogP contribution in [0.25, 0.3) is 11.3 Å². The standard InChI is InChI=1S/C21H29N5O3/c1-14(2)20(27)25-6-4-16(5-7-25)19-17(18-12-15(3)24-29-18)13-22-21(23-19)26-8-10-28-11-9-26/h12-14,16H,4-11H2,1-3H3. The first-order chi connectivity index (χ1) is 14.0. The number of amides is 1. The summed E-state index contributed by atoms with van der Waals surface area (Å²) in [5, 5.41) is 4.04. The number of ether oxygens (including phenoxy) is 1. The smallest absolute Gasteiger partial charge is 0.225 e. The second kappa shape index (κ2) is 8.49. The fraction of sp³-hybridized carbons (Fsp3) is 0.619. The van der Waals surface area contributed by atoms with Gasteiger partial charge in [-0.2, -0.15) is 0 Å². The van der Waals surface area contributed by atoms with Gasteiger partial charge in [0.2, 0.25) is 11.9 Å². The molecule has 8 nitrogen and oxygen atoms in total. The molecule has 1 amide bonds. The number of anilines is 1. The lowest BCUT2D eigenvalue weighted by atomic mass is 9.89. The Morgan fingerprint density at radius 2 is 1.90 bits per heavy atom. The molecule has 2 fully saturated rings. The van der Waals surface area contributed by atoms with Gasteiger partial charge in [0.25, 0.3) is 0 Å². The van der Waals surface area contributed by atoms with Gasteiger partial charge in [-0.25, -0.2) is 9.97 Å². The highest BCUT2D eigenvalue weighted by Crippen LogP contribution is 2.35. The van der Waals surface area contributed by atoms with E-state index in [4.69, 9.17) is 14.2 Å². The number of aryl methyl sites for hydroxylation is 1. The number of rotatable bonds is 4. The van der Waals surface area contributed by atoms with E-state index in [2.05, 4.69) is 15.0 Å². The number of piperidine rings is 1. The highest BCUT2D eigenvalue weighted by molar-refractivity contribution is 5.78. The number of aromatic nitrogens is 3. The van der Waals surface area contributed by atoms with E-state index in [1.165, 1.54) is 0 Å². The molecule has 0 aromatic carbocycles. The zero-order valence-corrected chi connectivity index (χ0v) is 17.4. The largest absolute Gasteiger partial charge is 0.378 e. The third kappa shape index (κ3) is 4.27. The maximum atomic E-state index is 12.4. The first-order valence-electron chi connectivity index (χ1n) is 10.4. The van der Waals surface area contributed by atoms with Crippen molar-refractivity contribution in [3.05, 3.63) is 23.7 Å². The highest BCUT2D eigenvalue weighted by Gasteiger charge is 2.29. The molecule has 0 saturated carbocycles. The molecule has 0 radical (unpaired) electrons. The van der Waals surface area contributed by atoms with Crippen molar-refractivity contribution in [1.82, 2.24) is 20.0 Å². The summed E-state index contributed by atoms with van der Waals surface area (Å²) in [7, 11) is 0. The summed E-state index contributed by atoms with van der Waals surface area (Å²) in [4.78, 5) is 26.1. The lowest BCUT2D eigenvalue weighted by Gasteiger charge is -2.34. The van der Waals surface area contributed by atoms with Gasteiger partial charge in [0.05, 0.1) is 30.2 Å². The van der Waals surface area contributed by atoms with Crippen LogP contribution in [0.15, 0.2) is 16.8 Å². The molecule has 2 aliphatic heterocycles. The summed E-state index contributed by atoms with van der Waals surface area (Å²) in [5.74, 6) is 1.96. The molecule has 29 heavy (non-hydrogen) atoms. The Bertz CT molecular complexity index is 852. The molecular formula is C21H29N5O3. The van der Waals surface area contributed by atoms with Gasteiger partial charge in [-0.1, -0.05) is 19.0 Å². The molecule has 2 aromatic rings. The maximum absolute atomic E-state index is 12.4. The molecule has 0 unspecified atom stereocenters. The van der Waals surface area contributed by atoms with E-state index in [9.17, 15) is 4.79 Å². The number of hydrogen-bond acceptors (Lipinski definition) is 7. The average Bonchev–Trinajstić information content (AvgIpc) is 3.19. The first kappa shape index (κ1) is 19.8. The maximum Gasteiger partial charge on any atom is 0.225 e. The molecule has 0 N–H and O–H groups in total. The monoisotopic (exact) mass is 399 g/mol. The van der Waals surface area contributed by atoms with E-state index in [1.807, 2.05) is 37.9 Å². The van der Waals surface area contributed by atoms with Crippen LogP contribution in [0.5, 0.6) is 0 Å². The van der Waals surface area contributed by atoms with Crippen molar-refractivity contribution in [2.45, 2.75) is 39.5 Å². The number of carbonyl (C=O) groups excluding carboxylic acids is 1. The Morgan fingerprint density at radius 3 is 2.52 bits per heavy atom. The van der Waals surface area contributed by atoms with Crippen LogP contribution >= 0.6 is 0 Å². The molecular weight excluding hydrogens is 370 g/mol. The van der Waals surface area contributed by atoms with Crippen molar-refractivity contribution >= 4 is 11.9 Å². The Hall–Kier alpha value is -2.48. The van der Waals surface area contributed by atoms with Crippen LogP contribution in [-0.4, -0.2) is 65.3 Å². The average molecular weight is 399 g/mol. The summed E-state index contributed by atoms with van der Waals surface area (Å²) < 4.78 is 11.0. The molecule has 4 rings (SSSR count). The zero-order chi connectivity index (χ0) is 20.4. The van der Waals surface area contributed by atoms with E-state index in [1.54, 1.807) is 0 Å². The Labute approximate surface area is 171 Å². The van der Waals surface area contributed by atoms with Crippen molar-refractivity contribution in [3.8, 4) is 11.3 Å². The summed E-state index contributed by atoms with van der Waals surface area (Å²) in [5.41, 5.74) is 2.73. The third-order valence-electron chi connectivity index (χ3n) is 5.68. The van der Waals surface area contributed by atoms with E-state index in [-0.39, 0.29) is 17.7 Å². The van der Waals surface area contributed by atoms with Gasteiger partial charge >= 0.3 is 0 Å². The number of carbonyl (C=O) groups is 1. The van der Waals surface area contributed by atoms with Crippen molar-refractivity contribution in [2.75, 3.05) is 44.3 Å².